The second-order valence-corrected chi connectivity index (χ2v) is 7.25. The quantitative estimate of drug-likeness (QED) is 0.394. The molecular weight excluding hydrogens is 414 g/mol. The molecule has 5 aromatic rings. The molecule has 0 saturated carbocycles. The summed E-state index contributed by atoms with van der Waals surface area (Å²) in [6, 6.07) is 15.9. The number of benzene rings is 2. The first-order valence-corrected chi connectivity index (χ1v) is 9.09. The fraction of sp³-hybridized carbons (Fsp3) is 0. The number of nitrogens with zero attached hydrogens (tertiary/aromatic N) is 5. The van der Waals surface area contributed by atoms with E-state index in [1.807, 2.05) is 52.9 Å². The van der Waals surface area contributed by atoms with E-state index in [-0.39, 0.29) is 0 Å². The molecule has 0 N–H and O–H groups in total. The van der Waals surface area contributed by atoms with Gasteiger partial charge in [0, 0.05) is 26.9 Å². The normalized spacial score (nSPS) is 11.5. The summed E-state index contributed by atoms with van der Waals surface area (Å²) in [5, 5.41) is 9.99. The van der Waals surface area contributed by atoms with Crippen molar-refractivity contribution < 1.29 is 0 Å². The molecule has 0 aliphatic heterocycles. The Kier molecular flexibility index (Phi) is 3.55. The van der Waals surface area contributed by atoms with Gasteiger partial charge in [0.2, 0.25) is 0 Å². The topological polar surface area (TPSA) is 48.0 Å². The summed E-state index contributed by atoms with van der Waals surface area (Å²) in [6.07, 6.45) is 5.47. The molecular formula is C19H11BrClN5. The molecule has 0 bridgehead atoms. The highest BCUT2D eigenvalue weighted by Crippen LogP contribution is 2.34. The third-order valence-electron chi connectivity index (χ3n) is 4.34. The molecule has 126 valence electrons. The third kappa shape index (κ3) is 2.41. The van der Waals surface area contributed by atoms with Gasteiger partial charge in [-0.05, 0) is 42.0 Å². The standard InChI is InChI=1S/C19H11BrClN5/c20-13-3-7-15(8-4-13)26-9-16(12-1-5-14(21)6-2-12)17-18(26)22-10-25-11-23-24-19(17)25/h1-11H. The van der Waals surface area contributed by atoms with Crippen LogP contribution in [0.15, 0.2) is 71.9 Å². The van der Waals surface area contributed by atoms with Crippen molar-refractivity contribution in [2.45, 2.75) is 0 Å². The number of fused-ring (bicyclic) bond motifs is 3. The van der Waals surface area contributed by atoms with E-state index in [9.17, 15) is 0 Å². The van der Waals surface area contributed by atoms with Gasteiger partial charge >= 0.3 is 0 Å². The summed E-state index contributed by atoms with van der Waals surface area (Å²) in [5.41, 5.74) is 4.71. The van der Waals surface area contributed by atoms with Gasteiger partial charge in [-0.25, -0.2) is 4.98 Å². The highest BCUT2D eigenvalue weighted by Gasteiger charge is 2.17. The average Bonchev–Trinajstić information content (AvgIpc) is 3.27. The van der Waals surface area contributed by atoms with Crippen molar-refractivity contribution in [3.8, 4) is 16.8 Å². The molecule has 0 saturated heterocycles. The van der Waals surface area contributed by atoms with E-state index >= 15 is 0 Å². The molecule has 26 heavy (non-hydrogen) atoms. The van der Waals surface area contributed by atoms with Gasteiger partial charge in [-0.2, -0.15) is 0 Å². The van der Waals surface area contributed by atoms with Crippen LogP contribution < -0.4 is 0 Å². The van der Waals surface area contributed by atoms with Crippen LogP contribution in [0.2, 0.25) is 5.02 Å². The van der Waals surface area contributed by atoms with Crippen LogP contribution in [0.5, 0.6) is 0 Å². The first-order valence-electron chi connectivity index (χ1n) is 7.92. The van der Waals surface area contributed by atoms with Crippen LogP contribution >= 0.6 is 27.5 Å². The zero-order chi connectivity index (χ0) is 17.7. The van der Waals surface area contributed by atoms with Crippen molar-refractivity contribution in [1.82, 2.24) is 24.1 Å². The lowest BCUT2D eigenvalue weighted by atomic mass is 10.1. The molecule has 3 heterocycles. The van der Waals surface area contributed by atoms with Gasteiger partial charge < -0.3 is 4.57 Å². The van der Waals surface area contributed by atoms with Crippen LogP contribution in [0.25, 0.3) is 33.5 Å². The molecule has 0 aliphatic rings. The summed E-state index contributed by atoms with van der Waals surface area (Å²) < 4.78 is 4.93. The Bertz CT molecular complexity index is 1240. The van der Waals surface area contributed by atoms with E-state index in [2.05, 4.69) is 41.9 Å². The van der Waals surface area contributed by atoms with Crippen LogP contribution in [0, 0.1) is 0 Å². The molecule has 0 spiro atoms. The Labute approximate surface area is 162 Å². The predicted molar refractivity (Wildman–Crippen MR) is 106 cm³/mol. The summed E-state index contributed by atoms with van der Waals surface area (Å²) in [5.74, 6) is 0. The van der Waals surface area contributed by atoms with Crippen molar-refractivity contribution in [3.63, 3.8) is 0 Å². The fourth-order valence-electron chi connectivity index (χ4n) is 3.11. The SMILES string of the molecule is Clc1ccc(-c2cn(-c3ccc(Br)cc3)c3ncn4cnnc4c23)cc1. The highest BCUT2D eigenvalue weighted by atomic mass is 79.9. The Morgan fingerprint density at radius 1 is 0.885 bits per heavy atom. The maximum atomic E-state index is 6.06. The lowest BCUT2D eigenvalue weighted by molar-refractivity contribution is 1.05. The number of rotatable bonds is 2. The monoisotopic (exact) mass is 423 g/mol. The number of hydrogen-bond acceptors (Lipinski definition) is 3. The first kappa shape index (κ1) is 15.5. The van der Waals surface area contributed by atoms with E-state index in [0.717, 1.165) is 38.0 Å². The molecule has 0 fully saturated rings. The van der Waals surface area contributed by atoms with Crippen LogP contribution in [0.1, 0.15) is 0 Å². The van der Waals surface area contributed by atoms with E-state index in [4.69, 9.17) is 11.6 Å². The lowest BCUT2D eigenvalue weighted by Crippen LogP contribution is -1.95. The number of halogens is 2. The molecule has 0 amide bonds. The molecule has 7 heteroatoms. The van der Waals surface area contributed by atoms with Crippen LogP contribution in [0.3, 0.4) is 0 Å². The zero-order valence-electron chi connectivity index (χ0n) is 13.3. The molecule has 5 nitrogen and oxygen atoms in total. The van der Waals surface area contributed by atoms with Crippen LogP contribution in [-0.4, -0.2) is 24.1 Å². The minimum Gasteiger partial charge on any atom is -0.301 e. The second kappa shape index (κ2) is 5.93. The minimum absolute atomic E-state index is 0.705. The molecule has 2 aromatic carbocycles. The number of hydrogen-bond donors (Lipinski definition) is 0. The second-order valence-electron chi connectivity index (χ2n) is 5.90. The minimum atomic E-state index is 0.705. The maximum absolute atomic E-state index is 6.06. The average molecular weight is 425 g/mol. The summed E-state index contributed by atoms with van der Waals surface area (Å²) in [6.45, 7) is 0. The molecule has 3 aromatic heterocycles. The van der Waals surface area contributed by atoms with E-state index in [1.54, 1.807) is 12.7 Å². The third-order valence-corrected chi connectivity index (χ3v) is 5.12. The van der Waals surface area contributed by atoms with Crippen molar-refractivity contribution in [3.05, 3.63) is 76.9 Å². The Hall–Kier alpha value is -2.70. The Morgan fingerprint density at radius 3 is 2.42 bits per heavy atom. The fourth-order valence-corrected chi connectivity index (χ4v) is 3.50. The first-order chi connectivity index (χ1) is 12.7. The zero-order valence-corrected chi connectivity index (χ0v) is 15.7. The van der Waals surface area contributed by atoms with Crippen molar-refractivity contribution >= 4 is 44.2 Å². The van der Waals surface area contributed by atoms with Crippen molar-refractivity contribution in [2.24, 2.45) is 0 Å². The largest absolute Gasteiger partial charge is 0.301 e. The molecule has 0 radical (unpaired) electrons. The van der Waals surface area contributed by atoms with Gasteiger partial charge in [0.1, 0.15) is 12.7 Å². The highest BCUT2D eigenvalue weighted by molar-refractivity contribution is 9.10. The maximum Gasteiger partial charge on any atom is 0.173 e. The Morgan fingerprint density at radius 2 is 1.65 bits per heavy atom. The summed E-state index contributed by atoms with van der Waals surface area (Å²) in [4.78, 5) is 4.65. The lowest BCUT2D eigenvalue weighted by Gasteiger charge is -2.04. The molecule has 5 rings (SSSR count). The molecule has 0 aliphatic carbocycles. The Balaban J connectivity index is 1.87. The van der Waals surface area contributed by atoms with E-state index in [1.165, 1.54) is 0 Å². The van der Waals surface area contributed by atoms with Crippen molar-refractivity contribution in [1.29, 1.82) is 0 Å². The summed E-state index contributed by atoms with van der Waals surface area (Å²) in [7, 11) is 0. The van der Waals surface area contributed by atoms with E-state index < -0.39 is 0 Å². The smallest absolute Gasteiger partial charge is 0.173 e. The summed E-state index contributed by atoms with van der Waals surface area (Å²) >= 11 is 9.55. The van der Waals surface area contributed by atoms with Crippen LogP contribution in [-0.2, 0) is 0 Å². The van der Waals surface area contributed by atoms with Gasteiger partial charge in [-0.15, -0.1) is 10.2 Å². The van der Waals surface area contributed by atoms with Gasteiger partial charge in [-0.3, -0.25) is 4.40 Å². The van der Waals surface area contributed by atoms with E-state index in [0.29, 0.717) is 5.02 Å². The number of aromatic nitrogens is 5. The molecule has 0 atom stereocenters. The van der Waals surface area contributed by atoms with Gasteiger partial charge in [-0.1, -0.05) is 39.7 Å². The molecule has 0 unspecified atom stereocenters. The van der Waals surface area contributed by atoms with Gasteiger partial charge in [0.15, 0.2) is 11.3 Å². The van der Waals surface area contributed by atoms with Crippen molar-refractivity contribution in [2.75, 3.05) is 0 Å². The van der Waals surface area contributed by atoms with Crippen LogP contribution in [0.4, 0.5) is 0 Å². The van der Waals surface area contributed by atoms with Gasteiger partial charge in [0.25, 0.3) is 0 Å². The van der Waals surface area contributed by atoms with Gasteiger partial charge in [0.05, 0.1) is 5.39 Å². The predicted octanol–water partition coefficient (Wildman–Crippen LogP) is 5.15.